The molecule has 1 fully saturated rings. The van der Waals surface area contributed by atoms with E-state index in [1.807, 2.05) is 17.5 Å². The van der Waals surface area contributed by atoms with Crippen LogP contribution < -0.4 is 9.64 Å². The summed E-state index contributed by atoms with van der Waals surface area (Å²) in [6.45, 7) is 0.466. The van der Waals surface area contributed by atoms with Crippen LogP contribution in [0.4, 0.5) is 5.69 Å². The maximum absolute atomic E-state index is 12.5. The molecule has 134 valence electrons. The van der Waals surface area contributed by atoms with E-state index in [2.05, 4.69) is 10.1 Å². The Labute approximate surface area is 159 Å². The fourth-order valence-electron chi connectivity index (χ4n) is 3.06. The van der Waals surface area contributed by atoms with Crippen LogP contribution in [-0.2, 0) is 11.2 Å². The zero-order chi connectivity index (χ0) is 18.1. The molecule has 1 atom stereocenters. The second kappa shape index (κ2) is 7.09. The normalized spacial score (nSPS) is 17.1. The summed E-state index contributed by atoms with van der Waals surface area (Å²) < 4.78 is 10.7. The lowest BCUT2D eigenvalue weighted by Crippen LogP contribution is -2.25. The minimum absolute atomic E-state index is 0.0137. The summed E-state index contributed by atoms with van der Waals surface area (Å²) >= 11 is 7.74. The average Bonchev–Trinajstić information content (AvgIpc) is 3.36. The second-order valence-electron chi connectivity index (χ2n) is 6.02. The highest BCUT2D eigenvalue weighted by Crippen LogP contribution is 2.37. The molecule has 1 aliphatic heterocycles. The highest BCUT2D eigenvalue weighted by molar-refractivity contribution is 7.09. The van der Waals surface area contributed by atoms with Gasteiger partial charge in [-0.05, 0) is 29.6 Å². The van der Waals surface area contributed by atoms with Gasteiger partial charge in [-0.1, -0.05) is 22.8 Å². The summed E-state index contributed by atoms with van der Waals surface area (Å²) in [5, 5.41) is 6.65. The van der Waals surface area contributed by atoms with E-state index in [0.717, 1.165) is 4.88 Å². The number of carbonyl (C=O) groups is 1. The first-order valence-corrected chi connectivity index (χ1v) is 9.38. The third-order valence-electron chi connectivity index (χ3n) is 4.31. The minimum Gasteiger partial charge on any atom is -0.495 e. The van der Waals surface area contributed by atoms with Crippen LogP contribution in [0.5, 0.6) is 5.75 Å². The second-order valence-corrected chi connectivity index (χ2v) is 7.49. The number of hydrogen-bond acceptors (Lipinski definition) is 6. The molecule has 0 radical (unpaired) electrons. The smallest absolute Gasteiger partial charge is 0.231 e. The zero-order valence-corrected chi connectivity index (χ0v) is 15.6. The van der Waals surface area contributed by atoms with Crippen molar-refractivity contribution < 1.29 is 14.1 Å². The van der Waals surface area contributed by atoms with Gasteiger partial charge in [-0.3, -0.25) is 4.79 Å². The molecule has 8 heteroatoms. The average molecular weight is 390 g/mol. The summed E-state index contributed by atoms with van der Waals surface area (Å²) in [5.41, 5.74) is 0.662. The molecule has 0 bridgehead atoms. The number of hydrogen-bond donors (Lipinski definition) is 0. The lowest BCUT2D eigenvalue weighted by atomic mass is 10.1. The summed E-state index contributed by atoms with van der Waals surface area (Å²) in [6, 6.07) is 9.24. The van der Waals surface area contributed by atoms with Gasteiger partial charge in [0.25, 0.3) is 0 Å². The van der Waals surface area contributed by atoms with Gasteiger partial charge in [0.1, 0.15) is 5.75 Å². The fraction of sp³-hybridized carbons (Fsp3) is 0.278. The van der Waals surface area contributed by atoms with Gasteiger partial charge in [-0.2, -0.15) is 4.98 Å². The fourth-order valence-corrected chi connectivity index (χ4v) is 3.92. The summed E-state index contributed by atoms with van der Waals surface area (Å²) in [4.78, 5) is 19.9. The van der Waals surface area contributed by atoms with E-state index in [0.29, 0.717) is 47.6 Å². The first kappa shape index (κ1) is 17.1. The standard InChI is InChI=1S/C18H16ClN3O3S/c1-24-15-5-4-12(19)8-14(15)22-10-11(7-17(22)23)18-20-16(25-21-18)9-13-3-2-6-26-13/h2-6,8,11H,7,9-10H2,1H3. The van der Waals surface area contributed by atoms with E-state index in [9.17, 15) is 4.79 Å². The maximum Gasteiger partial charge on any atom is 0.231 e. The molecule has 1 aliphatic rings. The van der Waals surface area contributed by atoms with Gasteiger partial charge in [0.05, 0.1) is 19.2 Å². The number of benzene rings is 1. The first-order valence-electron chi connectivity index (χ1n) is 8.13. The van der Waals surface area contributed by atoms with Gasteiger partial charge >= 0.3 is 0 Å². The Morgan fingerprint density at radius 3 is 3.08 bits per heavy atom. The van der Waals surface area contributed by atoms with Gasteiger partial charge < -0.3 is 14.2 Å². The molecule has 1 unspecified atom stereocenters. The number of thiophene rings is 1. The SMILES string of the molecule is COc1ccc(Cl)cc1N1CC(c2noc(Cc3cccs3)n2)CC1=O. The molecular weight excluding hydrogens is 374 g/mol. The molecule has 2 aromatic heterocycles. The van der Waals surface area contributed by atoms with Gasteiger partial charge in [0.2, 0.25) is 11.8 Å². The van der Waals surface area contributed by atoms with Gasteiger partial charge in [0, 0.05) is 28.8 Å². The van der Waals surface area contributed by atoms with Crippen LogP contribution in [0.3, 0.4) is 0 Å². The van der Waals surface area contributed by atoms with Crippen molar-refractivity contribution in [3.8, 4) is 5.75 Å². The van der Waals surface area contributed by atoms with Crippen molar-refractivity contribution in [1.82, 2.24) is 10.1 Å². The third-order valence-corrected chi connectivity index (χ3v) is 5.42. The van der Waals surface area contributed by atoms with Gasteiger partial charge in [-0.15, -0.1) is 11.3 Å². The van der Waals surface area contributed by atoms with E-state index < -0.39 is 0 Å². The molecule has 1 aromatic carbocycles. The van der Waals surface area contributed by atoms with E-state index in [1.54, 1.807) is 41.5 Å². The van der Waals surface area contributed by atoms with E-state index in [4.69, 9.17) is 20.9 Å². The molecule has 0 aliphatic carbocycles. The third kappa shape index (κ3) is 3.32. The van der Waals surface area contributed by atoms with Crippen LogP contribution in [0, 0.1) is 0 Å². The predicted molar refractivity (Wildman–Crippen MR) is 99.1 cm³/mol. The van der Waals surface area contributed by atoms with Crippen LogP contribution in [0.2, 0.25) is 5.02 Å². The lowest BCUT2D eigenvalue weighted by Gasteiger charge is -2.19. The summed E-state index contributed by atoms with van der Waals surface area (Å²) in [5.74, 6) is 1.60. The highest BCUT2D eigenvalue weighted by Gasteiger charge is 2.35. The molecule has 1 saturated heterocycles. The van der Waals surface area contributed by atoms with Crippen LogP contribution in [0.15, 0.2) is 40.2 Å². The molecule has 26 heavy (non-hydrogen) atoms. The number of methoxy groups -OCH3 is 1. The van der Waals surface area contributed by atoms with E-state index >= 15 is 0 Å². The van der Waals surface area contributed by atoms with Crippen LogP contribution >= 0.6 is 22.9 Å². The summed E-state index contributed by atoms with van der Waals surface area (Å²) in [6.07, 6.45) is 0.935. The quantitative estimate of drug-likeness (QED) is 0.661. The Hall–Kier alpha value is -2.38. The molecule has 3 aromatic rings. The van der Waals surface area contributed by atoms with Crippen LogP contribution in [0.25, 0.3) is 0 Å². The molecule has 6 nitrogen and oxygen atoms in total. The molecule has 0 N–H and O–H groups in total. The molecule has 0 spiro atoms. The Morgan fingerprint density at radius 2 is 2.31 bits per heavy atom. The van der Waals surface area contributed by atoms with E-state index in [1.165, 1.54) is 0 Å². The Kier molecular flexibility index (Phi) is 4.65. The number of carbonyl (C=O) groups excluding carboxylic acids is 1. The van der Waals surface area contributed by atoms with Crippen molar-refractivity contribution >= 4 is 34.5 Å². The van der Waals surface area contributed by atoms with Crippen LogP contribution in [0.1, 0.15) is 28.9 Å². The number of ether oxygens (including phenoxy) is 1. The van der Waals surface area contributed by atoms with E-state index in [-0.39, 0.29) is 11.8 Å². The topological polar surface area (TPSA) is 68.5 Å². The lowest BCUT2D eigenvalue weighted by molar-refractivity contribution is -0.117. The Bertz CT molecular complexity index is 926. The predicted octanol–water partition coefficient (Wildman–Crippen LogP) is 3.90. The van der Waals surface area contributed by atoms with Crippen LogP contribution in [-0.4, -0.2) is 29.7 Å². The first-order chi connectivity index (χ1) is 12.6. The van der Waals surface area contributed by atoms with Gasteiger partial charge in [-0.25, -0.2) is 0 Å². The Morgan fingerprint density at radius 1 is 1.42 bits per heavy atom. The number of halogens is 1. The molecular formula is C18H16ClN3O3S. The minimum atomic E-state index is -0.118. The van der Waals surface area contributed by atoms with Crippen molar-refractivity contribution in [2.45, 2.75) is 18.8 Å². The molecule has 1 amide bonds. The van der Waals surface area contributed by atoms with Crippen molar-refractivity contribution in [2.75, 3.05) is 18.6 Å². The van der Waals surface area contributed by atoms with Crippen molar-refractivity contribution in [2.24, 2.45) is 0 Å². The van der Waals surface area contributed by atoms with Crippen molar-refractivity contribution in [1.29, 1.82) is 0 Å². The monoisotopic (exact) mass is 389 g/mol. The molecule has 0 saturated carbocycles. The largest absolute Gasteiger partial charge is 0.495 e. The molecule has 3 heterocycles. The number of rotatable bonds is 5. The van der Waals surface area contributed by atoms with Crippen molar-refractivity contribution in [3.05, 3.63) is 57.3 Å². The number of amides is 1. The van der Waals surface area contributed by atoms with Gasteiger partial charge in [0.15, 0.2) is 5.82 Å². The number of aromatic nitrogens is 2. The Balaban J connectivity index is 1.53. The molecule has 4 rings (SSSR count). The number of nitrogens with zero attached hydrogens (tertiary/aromatic N) is 3. The van der Waals surface area contributed by atoms with Crippen molar-refractivity contribution in [3.63, 3.8) is 0 Å². The number of anilines is 1. The zero-order valence-electron chi connectivity index (χ0n) is 14.0. The maximum atomic E-state index is 12.5. The highest BCUT2D eigenvalue weighted by atomic mass is 35.5. The summed E-state index contributed by atoms with van der Waals surface area (Å²) in [7, 11) is 1.57.